The molecule has 3 aromatic rings. The van der Waals surface area contributed by atoms with Crippen LogP contribution in [-0.4, -0.2) is 54.3 Å². The second-order valence-electron chi connectivity index (χ2n) is 8.87. The summed E-state index contributed by atoms with van der Waals surface area (Å²) in [5.41, 5.74) is 7.07. The second kappa shape index (κ2) is 10.7. The minimum absolute atomic E-state index is 0.183. The summed E-state index contributed by atoms with van der Waals surface area (Å²) in [6.45, 7) is 8.04. The van der Waals surface area contributed by atoms with Gasteiger partial charge < -0.3 is 14.6 Å². The van der Waals surface area contributed by atoms with Crippen molar-refractivity contribution >= 4 is 5.69 Å². The van der Waals surface area contributed by atoms with Crippen LogP contribution < -0.4 is 4.90 Å². The van der Waals surface area contributed by atoms with E-state index < -0.39 is 0 Å². The van der Waals surface area contributed by atoms with Gasteiger partial charge in [-0.15, -0.1) is 0 Å². The molecule has 0 bridgehead atoms. The maximum absolute atomic E-state index is 9.15. The van der Waals surface area contributed by atoms with Crippen LogP contribution in [-0.2, 0) is 11.2 Å². The normalized spacial score (nSPS) is 17.6. The number of aryl methyl sites for hydroxylation is 1. The van der Waals surface area contributed by atoms with Crippen LogP contribution in [0.15, 0.2) is 55.0 Å². The Labute approximate surface area is 196 Å². The highest BCUT2D eigenvalue weighted by molar-refractivity contribution is 5.56. The van der Waals surface area contributed by atoms with E-state index in [2.05, 4.69) is 70.0 Å². The first-order valence-corrected chi connectivity index (χ1v) is 11.6. The van der Waals surface area contributed by atoms with Crippen molar-refractivity contribution in [3.63, 3.8) is 0 Å². The van der Waals surface area contributed by atoms with Crippen molar-refractivity contribution in [1.82, 2.24) is 14.9 Å². The number of rotatable bonds is 8. The van der Waals surface area contributed by atoms with Crippen molar-refractivity contribution in [3.8, 4) is 6.07 Å². The van der Waals surface area contributed by atoms with E-state index in [1.165, 1.54) is 22.4 Å². The molecule has 1 N–H and O–H groups in total. The molecule has 0 amide bonds. The molecule has 1 aliphatic heterocycles. The number of piperazine rings is 1. The molecule has 4 rings (SSSR count). The summed E-state index contributed by atoms with van der Waals surface area (Å²) >= 11 is 0. The van der Waals surface area contributed by atoms with Gasteiger partial charge in [-0.25, -0.2) is 4.98 Å². The predicted molar refractivity (Wildman–Crippen MR) is 131 cm³/mol. The highest BCUT2D eigenvalue weighted by Gasteiger charge is 2.34. The lowest BCUT2D eigenvalue weighted by Crippen LogP contribution is -2.55. The summed E-state index contributed by atoms with van der Waals surface area (Å²) in [5.74, 6) is 0. The Morgan fingerprint density at radius 1 is 1.18 bits per heavy atom. The van der Waals surface area contributed by atoms with Crippen LogP contribution in [0.4, 0.5) is 5.69 Å². The third-order valence-corrected chi connectivity index (χ3v) is 6.89. The molecule has 2 aromatic carbocycles. The second-order valence-corrected chi connectivity index (χ2v) is 8.87. The van der Waals surface area contributed by atoms with Crippen LogP contribution in [0.3, 0.4) is 0 Å². The van der Waals surface area contributed by atoms with E-state index in [1.54, 1.807) is 13.4 Å². The van der Waals surface area contributed by atoms with Gasteiger partial charge in [-0.1, -0.05) is 24.3 Å². The number of benzene rings is 2. The van der Waals surface area contributed by atoms with E-state index in [-0.39, 0.29) is 6.04 Å². The summed E-state index contributed by atoms with van der Waals surface area (Å²) in [7, 11) is 1.78. The average molecular weight is 444 g/mol. The van der Waals surface area contributed by atoms with Gasteiger partial charge in [0.05, 0.1) is 29.7 Å². The third-order valence-electron chi connectivity index (χ3n) is 6.89. The van der Waals surface area contributed by atoms with Crippen molar-refractivity contribution in [1.29, 1.82) is 5.26 Å². The van der Waals surface area contributed by atoms with Crippen molar-refractivity contribution in [2.75, 3.05) is 38.3 Å². The number of aromatic amines is 1. The zero-order valence-corrected chi connectivity index (χ0v) is 19.8. The van der Waals surface area contributed by atoms with Gasteiger partial charge in [-0.3, -0.25) is 4.90 Å². The van der Waals surface area contributed by atoms with Crippen LogP contribution in [0.25, 0.3) is 0 Å². The van der Waals surface area contributed by atoms with Gasteiger partial charge in [0, 0.05) is 51.3 Å². The molecule has 0 aliphatic carbocycles. The van der Waals surface area contributed by atoms with Crippen molar-refractivity contribution in [2.24, 2.45) is 0 Å². The highest BCUT2D eigenvalue weighted by atomic mass is 16.5. The number of H-pyrrole nitrogens is 1. The van der Waals surface area contributed by atoms with Crippen LogP contribution in [0, 0.1) is 25.2 Å². The number of nitrogens with zero attached hydrogens (tertiary/aromatic N) is 4. The number of hydrogen-bond acceptors (Lipinski definition) is 5. The Bertz CT molecular complexity index is 1070. The molecular weight excluding hydrogens is 410 g/mol. The van der Waals surface area contributed by atoms with Crippen molar-refractivity contribution in [2.45, 2.75) is 38.8 Å². The fraction of sp³-hybridized carbons (Fsp3) is 0.407. The fourth-order valence-corrected chi connectivity index (χ4v) is 4.88. The highest BCUT2D eigenvalue weighted by Crippen LogP contribution is 2.32. The largest absolute Gasteiger partial charge is 0.385 e. The first kappa shape index (κ1) is 23.0. The summed E-state index contributed by atoms with van der Waals surface area (Å²) in [6, 6.07) is 17.3. The SMILES string of the molecule is COCC[C@H]1CN(c2cccc(C)c2C)CCN1C(Cc1ccc(C#N)cc1)c1cnc[nH]1. The first-order chi connectivity index (χ1) is 16.1. The van der Waals surface area contributed by atoms with Gasteiger partial charge in [-0.05, 0) is 61.6 Å². The van der Waals surface area contributed by atoms with E-state index in [0.29, 0.717) is 11.6 Å². The van der Waals surface area contributed by atoms with Gasteiger partial charge in [0.1, 0.15) is 0 Å². The van der Waals surface area contributed by atoms with Crippen molar-refractivity contribution < 1.29 is 4.74 Å². The maximum Gasteiger partial charge on any atom is 0.0991 e. The van der Waals surface area contributed by atoms with E-state index in [0.717, 1.165) is 44.8 Å². The molecule has 172 valence electrons. The topological polar surface area (TPSA) is 68.2 Å². The Morgan fingerprint density at radius 3 is 2.70 bits per heavy atom. The minimum atomic E-state index is 0.183. The molecule has 6 nitrogen and oxygen atoms in total. The number of imidazole rings is 1. The molecule has 2 heterocycles. The van der Waals surface area contributed by atoms with E-state index >= 15 is 0 Å². The number of aromatic nitrogens is 2. The van der Waals surface area contributed by atoms with Gasteiger partial charge in [0.2, 0.25) is 0 Å². The maximum atomic E-state index is 9.15. The number of methoxy groups -OCH3 is 1. The Morgan fingerprint density at radius 2 is 2.00 bits per heavy atom. The zero-order valence-electron chi connectivity index (χ0n) is 19.8. The van der Waals surface area contributed by atoms with Crippen LogP contribution in [0.2, 0.25) is 0 Å². The van der Waals surface area contributed by atoms with Crippen LogP contribution in [0.5, 0.6) is 0 Å². The van der Waals surface area contributed by atoms with E-state index in [9.17, 15) is 0 Å². The van der Waals surface area contributed by atoms with Gasteiger partial charge in [0.15, 0.2) is 0 Å². The number of ether oxygens (including phenoxy) is 1. The molecule has 33 heavy (non-hydrogen) atoms. The lowest BCUT2D eigenvalue weighted by Gasteiger charge is -2.46. The quantitative estimate of drug-likeness (QED) is 0.559. The number of nitriles is 1. The van der Waals surface area contributed by atoms with Gasteiger partial charge >= 0.3 is 0 Å². The predicted octanol–water partition coefficient (Wildman–Crippen LogP) is 4.41. The Kier molecular flexibility index (Phi) is 7.43. The van der Waals surface area contributed by atoms with E-state index in [1.807, 2.05) is 18.3 Å². The minimum Gasteiger partial charge on any atom is -0.385 e. The molecule has 6 heteroatoms. The lowest BCUT2D eigenvalue weighted by molar-refractivity contribution is 0.0828. The summed E-state index contributed by atoms with van der Waals surface area (Å²) in [6.07, 6.45) is 5.53. The van der Waals surface area contributed by atoms with Crippen molar-refractivity contribution in [3.05, 3.63) is 82.9 Å². The molecule has 1 aliphatic rings. The summed E-state index contributed by atoms with van der Waals surface area (Å²) in [5, 5.41) is 9.15. The van der Waals surface area contributed by atoms with Crippen LogP contribution >= 0.6 is 0 Å². The molecule has 1 saturated heterocycles. The van der Waals surface area contributed by atoms with Crippen LogP contribution in [0.1, 0.15) is 40.4 Å². The molecule has 0 radical (unpaired) electrons. The molecule has 1 aromatic heterocycles. The molecule has 1 fully saturated rings. The van der Waals surface area contributed by atoms with Gasteiger partial charge in [-0.2, -0.15) is 5.26 Å². The lowest BCUT2D eigenvalue weighted by atomic mass is 9.96. The molecule has 1 unspecified atom stereocenters. The summed E-state index contributed by atoms with van der Waals surface area (Å²) < 4.78 is 5.50. The molecular formula is C27H33N5O. The number of anilines is 1. The number of hydrogen-bond donors (Lipinski definition) is 1. The third kappa shape index (κ3) is 5.27. The van der Waals surface area contributed by atoms with Gasteiger partial charge in [0.25, 0.3) is 0 Å². The molecule has 0 saturated carbocycles. The molecule has 2 atom stereocenters. The number of nitrogens with one attached hydrogen (secondary N) is 1. The molecule has 0 spiro atoms. The standard InChI is InChI=1S/C27H33N5O/c1-20-5-4-6-26(21(20)2)31-12-13-32(24(18-31)11-14-33-3)27(25-17-29-19-30-25)15-22-7-9-23(16-28)10-8-22/h4-10,17,19,24,27H,11-15,18H2,1-3H3,(H,29,30)/t24-,27?/m0/s1. The smallest absolute Gasteiger partial charge is 0.0991 e. The Balaban J connectivity index is 1.61. The first-order valence-electron chi connectivity index (χ1n) is 11.6. The zero-order chi connectivity index (χ0) is 23.2. The summed E-state index contributed by atoms with van der Waals surface area (Å²) in [4.78, 5) is 12.8. The van der Waals surface area contributed by atoms with E-state index in [4.69, 9.17) is 10.00 Å². The monoisotopic (exact) mass is 443 g/mol. The fourth-order valence-electron chi connectivity index (χ4n) is 4.88. The Hall–Kier alpha value is -3.14. The average Bonchev–Trinajstić information content (AvgIpc) is 3.38.